The van der Waals surface area contributed by atoms with Gasteiger partial charge in [0, 0.05) is 17.4 Å². The highest BCUT2D eigenvalue weighted by molar-refractivity contribution is 6.04. The molecule has 1 heterocycles. The van der Waals surface area contributed by atoms with Crippen LogP contribution in [0.3, 0.4) is 0 Å². The van der Waals surface area contributed by atoms with Gasteiger partial charge in [-0.25, -0.2) is 0 Å². The Labute approximate surface area is 108 Å². The van der Waals surface area contributed by atoms with E-state index in [9.17, 15) is 14.4 Å². The van der Waals surface area contributed by atoms with E-state index in [0.717, 1.165) is 0 Å². The largest absolute Gasteiger partial charge is 0.366 e. The number of amides is 2. The lowest BCUT2D eigenvalue weighted by Gasteiger charge is -2.04. The zero-order valence-electron chi connectivity index (χ0n) is 9.84. The Morgan fingerprint density at radius 1 is 1.11 bits per heavy atom. The van der Waals surface area contributed by atoms with Gasteiger partial charge in [-0.05, 0) is 36.4 Å². The fourth-order valence-electron chi connectivity index (χ4n) is 1.52. The summed E-state index contributed by atoms with van der Waals surface area (Å²) in [5.74, 6) is -1.06. The molecule has 4 N–H and O–H groups in total. The number of benzene rings is 1. The number of hydrogen-bond donors (Lipinski definition) is 3. The molecule has 0 aliphatic heterocycles. The number of aromatic nitrogens is 1. The van der Waals surface area contributed by atoms with E-state index >= 15 is 0 Å². The van der Waals surface area contributed by atoms with Crippen molar-refractivity contribution in [3.8, 4) is 0 Å². The number of pyridine rings is 1. The molecular formula is C13H11N3O3. The standard InChI is InChI=1S/C13H11N3O3/c14-11(17)8-3-5-9(6-4-8)16-13(19)10-2-1-7-15-12(10)18/h1-7H,(H2,14,17)(H,15,18)(H,16,19). The maximum absolute atomic E-state index is 11.8. The predicted octanol–water partition coefficient (Wildman–Crippen LogP) is 0.726. The van der Waals surface area contributed by atoms with Gasteiger partial charge in [0.25, 0.3) is 11.5 Å². The third kappa shape index (κ3) is 2.86. The van der Waals surface area contributed by atoms with Crippen molar-refractivity contribution in [1.82, 2.24) is 4.98 Å². The average molecular weight is 257 g/mol. The molecule has 0 unspecified atom stereocenters. The van der Waals surface area contributed by atoms with Crippen LogP contribution in [-0.4, -0.2) is 16.8 Å². The second kappa shape index (κ2) is 5.18. The third-order valence-corrected chi connectivity index (χ3v) is 2.49. The minimum atomic E-state index is -0.544. The van der Waals surface area contributed by atoms with Crippen LogP contribution in [0.5, 0.6) is 0 Å². The molecule has 2 rings (SSSR count). The van der Waals surface area contributed by atoms with E-state index in [1.54, 1.807) is 6.07 Å². The highest BCUT2D eigenvalue weighted by atomic mass is 16.2. The van der Waals surface area contributed by atoms with Crippen LogP contribution in [0.15, 0.2) is 47.4 Å². The number of rotatable bonds is 3. The Kier molecular flexibility index (Phi) is 3.42. The van der Waals surface area contributed by atoms with Crippen LogP contribution in [0.4, 0.5) is 5.69 Å². The first-order valence-corrected chi connectivity index (χ1v) is 5.47. The minimum absolute atomic E-state index is 0.0153. The maximum atomic E-state index is 11.8. The Morgan fingerprint density at radius 2 is 1.79 bits per heavy atom. The number of H-pyrrole nitrogens is 1. The second-order valence-corrected chi connectivity index (χ2v) is 3.81. The Morgan fingerprint density at radius 3 is 2.37 bits per heavy atom. The highest BCUT2D eigenvalue weighted by Gasteiger charge is 2.09. The summed E-state index contributed by atoms with van der Waals surface area (Å²) in [5, 5.41) is 2.55. The van der Waals surface area contributed by atoms with Crippen molar-refractivity contribution < 1.29 is 9.59 Å². The van der Waals surface area contributed by atoms with Crippen molar-refractivity contribution in [2.75, 3.05) is 5.32 Å². The van der Waals surface area contributed by atoms with Crippen LogP contribution in [0.2, 0.25) is 0 Å². The number of carbonyl (C=O) groups excluding carboxylic acids is 2. The summed E-state index contributed by atoms with van der Waals surface area (Å²) in [6, 6.07) is 9.04. The van der Waals surface area contributed by atoms with Gasteiger partial charge in [-0.2, -0.15) is 0 Å². The van der Waals surface area contributed by atoms with Crippen molar-refractivity contribution in [3.63, 3.8) is 0 Å². The van der Waals surface area contributed by atoms with Gasteiger partial charge in [0.05, 0.1) is 0 Å². The topological polar surface area (TPSA) is 105 Å². The van der Waals surface area contributed by atoms with Gasteiger partial charge in [-0.1, -0.05) is 0 Å². The summed E-state index contributed by atoms with van der Waals surface area (Å²) in [4.78, 5) is 36.6. The smallest absolute Gasteiger partial charge is 0.261 e. The normalized spacial score (nSPS) is 9.89. The first-order valence-electron chi connectivity index (χ1n) is 5.47. The lowest BCUT2D eigenvalue weighted by molar-refractivity contribution is 0.0998. The quantitative estimate of drug-likeness (QED) is 0.754. The molecule has 0 aliphatic carbocycles. The van der Waals surface area contributed by atoms with E-state index < -0.39 is 17.4 Å². The molecule has 1 aromatic carbocycles. The van der Waals surface area contributed by atoms with Gasteiger partial charge in [-0.15, -0.1) is 0 Å². The molecule has 2 aromatic rings. The van der Waals surface area contributed by atoms with Crippen molar-refractivity contribution >= 4 is 17.5 Å². The van der Waals surface area contributed by atoms with Gasteiger partial charge in [0.1, 0.15) is 5.56 Å². The fraction of sp³-hybridized carbons (Fsp3) is 0. The maximum Gasteiger partial charge on any atom is 0.261 e. The number of nitrogens with two attached hydrogens (primary N) is 1. The third-order valence-electron chi connectivity index (χ3n) is 2.49. The summed E-state index contributed by atoms with van der Waals surface area (Å²) >= 11 is 0. The van der Waals surface area contributed by atoms with Gasteiger partial charge in [0.15, 0.2) is 0 Å². The van der Waals surface area contributed by atoms with E-state index in [4.69, 9.17) is 5.73 Å². The highest BCUT2D eigenvalue weighted by Crippen LogP contribution is 2.10. The monoisotopic (exact) mass is 257 g/mol. The second-order valence-electron chi connectivity index (χ2n) is 3.81. The Bertz CT molecular complexity index is 674. The summed E-state index contributed by atoms with van der Waals surface area (Å²) < 4.78 is 0. The number of anilines is 1. The molecular weight excluding hydrogens is 246 g/mol. The van der Waals surface area contributed by atoms with Crippen molar-refractivity contribution in [1.29, 1.82) is 0 Å². The predicted molar refractivity (Wildman–Crippen MR) is 70.0 cm³/mol. The van der Waals surface area contributed by atoms with Gasteiger partial charge < -0.3 is 16.0 Å². The number of nitrogens with one attached hydrogen (secondary N) is 2. The first-order chi connectivity index (χ1) is 9.08. The summed E-state index contributed by atoms with van der Waals surface area (Å²) in [6.45, 7) is 0. The Hall–Kier alpha value is -2.89. The minimum Gasteiger partial charge on any atom is -0.366 e. The van der Waals surface area contributed by atoms with E-state index in [1.807, 2.05) is 0 Å². The van der Waals surface area contributed by atoms with E-state index in [2.05, 4.69) is 10.3 Å². The van der Waals surface area contributed by atoms with Crippen molar-refractivity contribution in [3.05, 3.63) is 64.1 Å². The summed E-state index contributed by atoms with van der Waals surface area (Å²) in [5.41, 5.74) is 5.47. The van der Waals surface area contributed by atoms with Crippen LogP contribution in [0.1, 0.15) is 20.7 Å². The number of aromatic amines is 1. The van der Waals surface area contributed by atoms with Crippen LogP contribution in [0, 0.1) is 0 Å². The van der Waals surface area contributed by atoms with Crippen LogP contribution < -0.4 is 16.6 Å². The molecule has 6 heteroatoms. The molecule has 0 aliphatic rings. The molecule has 0 bridgehead atoms. The van der Waals surface area contributed by atoms with Gasteiger partial charge in [0.2, 0.25) is 5.91 Å². The van der Waals surface area contributed by atoms with Crippen LogP contribution >= 0.6 is 0 Å². The number of carbonyl (C=O) groups is 2. The molecule has 0 saturated carbocycles. The van der Waals surface area contributed by atoms with Crippen molar-refractivity contribution in [2.45, 2.75) is 0 Å². The molecule has 96 valence electrons. The molecule has 0 fully saturated rings. The molecule has 6 nitrogen and oxygen atoms in total. The van der Waals surface area contributed by atoms with E-state index in [0.29, 0.717) is 11.3 Å². The average Bonchev–Trinajstić information content (AvgIpc) is 2.39. The summed E-state index contributed by atoms with van der Waals surface area (Å²) in [6.07, 6.45) is 1.45. The number of primary amides is 1. The van der Waals surface area contributed by atoms with E-state index in [-0.39, 0.29) is 5.56 Å². The molecule has 0 saturated heterocycles. The molecule has 0 spiro atoms. The van der Waals surface area contributed by atoms with Crippen LogP contribution in [0.25, 0.3) is 0 Å². The first kappa shape index (κ1) is 12.6. The molecule has 19 heavy (non-hydrogen) atoms. The molecule has 0 radical (unpaired) electrons. The zero-order chi connectivity index (χ0) is 13.8. The number of hydrogen-bond acceptors (Lipinski definition) is 3. The zero-order valence-corrected chi connectivity index (χ0v) is 9.84. The lowest BCUT2D eigenvalue weighted by atomic mass is 10.2. The molecule has 2 amide bonds. The van der Waals surface area contributed by atoms with Gasteiger partial charge in [-0.3, -0.25) is 14.4 Å². The summed E-state index contributed by atoms with van der Waals surface area (Å²) in [7, 11) is 0. The van der Waals surface area contributed by atoms with Crippen LogP contribution in [-0.2, 0) is 0 Å². The SMILES string of the molecule is NC(=O)c1ccc(NC(=O)c2ccc[nH]c2=O)cc1. The lowest BCUT2D eigenvalue weighted by Crippen LogP contribution is -2.22. The Balaban J connectivity index is 2.18. The molecule has 1 aromatic heterocycles. The van der Waals surface area contributed by atoms with Gasteiger partial charge >= 0.3 is 0 Å². The van der Waals surface area contributed by atoms with E-state index in [1.165, 1.54) is 36.5 Å². The molecule has 0 atom stereocenters. The van der Waals surface area contributed by atoms with Crippen molar-refractivity contribution in [2.24, 2.45) is 5.73 Å². The fourth-order valence-corrected chi connectivity index (χ4v) is 1.52.